The number of rotatable bonds is 7. The molecule has 0 radical (unpaired) electrons. The van der Waals surface area contributed by atoms with Crippen LogP contribution in [0.5, 0.6) is 5.75 Å². The van der Waals surface area contributed by atoms with E-state index in [1.807, 2.05) is 24.3 Å². The fourth-order valence-electron chi connectivity index (χ4n) is 2.17. The summed E-state index contributed by atoms with van der Waals surface area (Å²) in [7, 11) is -2.12. The zero-order chi connectivity index (χ0) is 15.3. The largest absolute Gasteiger partial charge is 0.488 e. The number of ether oxygens (including phenoxy) is 2. The Bertz CT molecular complexity index is 574. The molecule has 7 heteroatoms. The molecule has 1 aliphatic rings. The number of carbonyl (C=O) groups excluding carboxylic acids is 1. The third-order valence-corrected chi connectivity index (χ3v) is 4.70. The van der Waals surface area contributed by atoms with Crippen molar-refractivity contribution >= 4 is 16.0 Å². The number of hydrogen-bond acceptors (Lipinski definition) is 5. The standard InChI is InChI=1S/C14H19NO5S/c1-19-14(16)7-4-8-21(17,18)15-10-12-9-11-5-2-3-6-13(11)20-12/h2-3,5-6,12,15H,4,7-10H2,1H3. The predicted octanol–water partition coefficient (Wildman–Crippen LogP) is 0.863. The maximum Gasteiger partial charge on any atom is 0.305 e. The minimum Gasteiger partial charge on any atom is -0.488 e. The van der Waals surface area contributed by atoms with Crippen LogP contribution in [-0.4, -0.2) is 39.9 Å². The second-order valence-corrected chi connectivity index (χ2v) is 6.83. The molecule has 1 N–H and O–H groups in total. The lowest BCUT2D eigenvalue weighted by Crippen LogP contribution is -2.35. The highest BCUT2D eigenvalue weighted by Gasteiger charge is 2.23. The van der Waals surface area contributed by atoms with E-state index in [0.29, 0.717) is 6.42 Å². The Labute approximate surface area is 124 Å². The molecule has 116 valence electrons. The van der Waals surface area contributed by atoms with Crippen molar-refractivity contribution in [2.24, 2.45) is 0 Å². The Morgan fingerprint density at radius 2 is 2.19 bits per heavy atom. The Balaban J connectivity index is 1.74. The van der Waals surface area contributed by atoms with E-state index < -0.39 is 16.0 Å². The summed E-state index contributed by atoms with van der Waals surface area (Å²) in [5.41, 5.74) is 1.09. The van der Waals surface area contributed by atoms with Crippen molar-refractivity contribution in [2.45, 2.75) is 25.4 Å². The lowest BCUT2D eigenvalue weighted by atomic mass is 10.1. The number of hydrogen-bond donors (Lipinski definition) is 1. The molecule has 1 aromatic carbocycles. The van der Waals surface area contributed by atoms with Crippen LogP contribution in [0.1, 0.15) is 18.4 Å². The topological polar surface area (TPSA) is 81.7 Å². The summed E-state index contributed by atoms with van der Waals surface area (Å²) in [6.45, 7) is 0.231. The molecule has 21 heavy (non-hydrogen) atoms. The van der Waals surface area contributed by atoms with Gasteiger partial charge in [-0.2, -0.15) is 0 Å². The summed E-state index contributed by atoms with van der Waals surface area (Å²) < 4.78 is 36.3. The maximum absolute atomic E-state index is 11.8. The van der Waals surface area contributed by atoms with Gasteiger partial charge in [0, 0.05) is 19.4 Å². The molecule has 2 rings (SSSR count). The molecule has 0 amide bonds. The van der Waals surface area contributed by atoms with Gasteiger partial charge in [0.25, 0.3) is 0 Å². The van der Waals surface area contributed by atoms with Crippen molar-refractivity contribution in [1.29, 1.82) is 0 Å². The van der Waals surface area contributed by atoms with Gasteiger partial charge in [0.1, 0.15) is 11.9 Å². The number of esters is 1. The van der Waals surface area contributed by atoms with E-state index >= 15 is 0 Å². The number of benzene rings is 1. The first-order valence-corrected chi connectivity index (χ1v) is 8.44. The molecule has 0 saturated heterocycles. The van der Waals surface area contributed by atoms with E-state index in [2.05, 4.69) is 9.46 Å². The van der Waals surface area contributed by atoms with E-state index in [1.54, 1.807) is 0 Å². The summed E-state index contributed by atoms with van der Waals surface area (Å²) in [5.74, 6) is 0.314. The molecule has 1 unspecified atom stereocenters. The van der Waals surface area contributed by atoms with Crippen molar-refractivity contribution in [1.82, 2.24) is 4.72 Å². The van der Waals surface area contributed by atoms with Crippen LogP contribution in [0, 0.1) is 0 Å². The molecular formula is C14H19NO5S. The molecule has 0 aliphatic carbocycles. The van der Waals surface area contributed by atoms with E-state index in [0.717, 1.165) is 11.3 Å². The first-order chi connectivity index (χ1) is 10.00. The van der Waals surface area contributed by atoms with Gasteiger partial charge in [-0.15, -0.1) is 0 Å². The van der Waals surface area contributed by atoms with Crippen molar-refractivity contribution < 1.29 is 22.7 Å². The van der Waals surface area contributed by atoms with Crippen LogP contribution >= 0.6 is 0 Å². The van der Waals surface area contributed by atoms with E-state index in [4.69, 9.17) is 4.74 Å². The van der Waals surface area contributed by atoms with Gasteiger partial charge < -0.3 is 9.47 Å². The maximum atomic E-state index is 11.8. The van der Waals surface area contributed by atoms with Crippen LogP contribution in [0.4, 0.5) is 0 Å². The first-order valence-electron chi connectivity index (χ1n) is 6.79. The smallest absolute Gasteiger partial charge is 0.305 e. The number of sulfonamides is 1. The second kappa shape index (κ2) is 6.91. The predicted molar refractivity (Wildman–Crippen MR) is 77.6 cm³/mol. The van der Waals surface area contributed by atoms with Crippen LogP contribution in [0.2, 0.25) is 0 Å². The Morgan fingerprint density at radius 3 is 2.90 bits per heavy atom. The normalized spacial score (nSPS) is 17.1. The average molecular weight is 313 g/mol. The van der Waals surface area contributed by atoms with E-state index in [9.17, 15) is 13.2 Å². The van der Waals surface area contributed by atoms with Gasteiger partial charge in [0.05, 0.1) is 12.9 Å². The van der Waals surface area contributed by atoms with Gasteiger partial charge in [0.15, 0.2) is 0 Å². The van der Waals surface area contributed by atoms with Gasteiger partial charge in [-0.3, -0.25) is 4.79 Å². The van der Waals surface area contributed by atoms with Crippen LogP contribution < -0.4 is 9.46 Å². The Morgan fingerprint density at radius 1 is 1.43 bits per heavy atom. The summed E-state index contributed by atoms with van der Waals surface area (Å²) in [6, 6.07) is 7.67. The molecule has 6 nitrogen and oxygen atoms in total. The number of methoxy groups -OCH3 is 1. The monoisotopic (exact) mass is 313 g/mol. The average Bonchev–Trinajstić information content (AvgIpc) is 2.88. The molecule has 0 saturated carbocycles. The molecular weight excluding hydrogens is 294 g/mol. The SMILES string of the molecule is COC(=O)CCCS(=O)(=O)NCC1Cc2ccccc2O1. The van der Waals surface area contributed by atoms with Crippen LogP contribution in [-0.2, 0) is 26.0 Å². The molecule has 1 aliphatic heterocycles. The number of para-hydroxylation sites is 1. The summed E-state index contributed by atoms with van der Waals surface area (Å²) in [5, 5.41) is 0. The third kappa shape index (κ3) is 4.71. The van der Waals surface area contributed by atoms with Crippen molar-refractivity contribution in [3.63, 3.8) is 0 Å². The molecule has 0 spiro atoms. The lowest BCUT2D eigenvalue weighted by Gasteiger charge is -2.12. The molecule has 1 atom stereocenters. The second-order valence-electron chi connectivity index (χ2n) is 4.90. The van der Waals surface area contributed by atoms with Gasteiger partial charge in [-0.25, -0.2) is 13.1 Å². The summed E-state index contributed by atoms with van der Waals surface area (Å²) >= 11 is 0. The minimum absolute atomic E-state index is 0.0955. The number of fused-ring (bicyclic) bond motifs is 1. The zero-order valence-corrected chi connectivity index (χ0v) is 12.7. The van der Waals surface area contributed by atoms with E-state index in [1.165, 1.54) is 7.11 Å². The summed E-state index contributed by atoms with van der Waals surface area (Å²) in [6.07, 6.45) is 0.856. The Kier molecular flexibility index (Phi) is 5.19. The highest BCUT2D eigenvalue weighted by atomic mass is 32.2. The third-order valence-electron chi connectivity index (χ3n) is 3.27. The lowest BCUT2D eigenvalue weighted by molar-refractivity contribution is -0.140. The number of carbonyl (C=O) groups is 1. The van der Waals surface area contributed by atoms with Crippen LogP contribution in [0.25, 0.3) is 0 Å². The van der Waals surface area contributed by atoms with Crippen molar-refractivity contribution in [3.8, 4) is 5.75 Å². The molecule has 0 fully saturated rings. The van der Waals surface area contributed by atoms with Crippen LogP contribution in [0.15, 0.2) is 24.3 Å². The summed E-state index contributed by atoms with van der Waals surface area (Å²) in [4.78, 5) is 10.9. The van der Waals surface area contributed by atoms with Crippen molar-refractivity contribution in [2.75, 3.05) is 19.4 Å². The fourth-order valence-corrected chi connectivity index (χ4v) is 3.28. The van der Waals surface area contributed by atoms with E-state index in [-0.39, 0.29) is 31.2 Å². The highest BCUT2D eigenvalue weighted by Crippen LogP contribution is 2.27. The highest BCUT2D eigenvalue weighted by molar-refractivity contribution is 7.89. The molecule has 1 heterocycles. The fraction of sp³-hybridized carbons (Fsp3) is 0.500. The molecule has 0 bridgehead atoms. The van der Waals surface area contributed by atoms with Gasteiger partial charge in [0.2, 0.25) is 10.0 Å². The van der Waals surface area contributed by atoms with Crippen LogP contribution in [0.3, 0.4) is 0 Å². The van der Waals surface area contributed by atoms with Crippen molar-refractivity contribution in [3.05, 3.63) is 29.8 Å². The minimum atomic E-state index is -3.40. The molecule has 1 aromatic rings. The zero-order valence-electron chi connectivity index (χ0n) is 11.9. The Hall–Kier alpha value is -1.60. The first kappa shape index (κ1) is 15.8. The molecule has 0 aromatic heterocycles. The van der Waals surface area contributed by atoms with Gasteiger partial charge >= 0.3 is 5.97 Å². The van der Waals surface area contributed by atoms with Gasteiger partial charge in [-0.1, -0.05) is 18.2 Å². The quantitative estimate of drug-likeness (QED) is 0.755. The number of nitrogens with one attached hydrogen (secondary N) is 1. The van der Waals surface area contributed by atoms with Gasteiger partial charge in [-0.05, 0) is 18.1 Å².